The van der Waals surface area contributed by atoms with Crippen molar-refractivity contribution in [2.75, 3.05) is 6.54 Å². The molecular formula is C12H24N2S. The summed E-state index contributed by atoms with van der Waals surface area (Å²) in [6, 6.07) is 1.23. The third-order valence-electron chi connectivity index (χ3n) is 3.38. The summed E-state index contributed by atoms with van der Waals surface area (Å²) < 4.78 is 0. The van der Waals surface area contributed by atoms with Crippen LogP contribution in [0.4, 0.5) is 0 Å². The van der Waals surface area contributed by atoms with Crippen molar-refractivity contribution in [2.24, 2.45) is 11.7 Å². The van der Waals surface area contributed by atoms with Gasteiger partial charge in [0, 0.05) is 18.6 Å². The molecule has 2 atom stereocenters. The van der Waals surface area contributed by atoms with Gasteiger partial charge in [0.15, 0.2) is 0 Å². The maximum Gasteiger partial charge on any atom is 0.0870 e. The van der Waals surface area contributed by atoms with E-state index in [0.717, 1.165) is 12.5 Å². The Morgan fingerprint density at radius 1 is 1.47 bits per heavy atom. The van der Waals surface area contributed by atoms with Crippen molar-refractivity contribution < 1.29 is 0 Å². The van der Waals surface area contributed by atoms with Gasteiger partial charge >= 0.3 is 0 Å². The summed E-state index contributed by atoms with van der Waals surface area (Å²) in [5, 5.41) is 0. The summed E-state index contributed by atoms with van der Waals surface area (Å²) in [6.45, 7) is 7.60. The Hall–Kier alpha value is -0.150. The molecule has 1 aliphatic carbocycles. The molecule has 2 unspecified atom stereocenters. The molecule has 1 fully saturated rings. The van der Waals surface area contributed by atoms with Crippen LogP contribution in [0.2, 0.25) is 0 Å². The minimum absolute atomic E-state index is 0.543. The fourth-order valence-corrected chi connectivity index (χ4v) is 2.77. The molecule has 0 aliphatic heterocycles. The van der Waals surface area contributed by atoms with Crippen molar-refractivity contribution >= 4 is 17.2 Å². The van der Waals surface area contributed by atoms with Crippen LogP contribution in [0.15, 0.2) is 0 Å². The highest BCUT2D eigenvalue weighted by Crippen LogP contribution is 2.28. The first kappa shape index (κ1) is 12.9. The van der Waals surface area contributed by atoms with E-state index >= 15 is 0 Å². The second kappa shape index (κ2) is 5.80. The Morgan fingerprint density at radius 2 is 2.13 bits per heavy atom. The van der Waals surface area contributed by atoms with E-state index < -0.39 is 0 Å². The van der Waals surface area contributed by atoms with Gasteiger partial charge in [-0.2, -0.15) is 0 Å². The second-order valence-electron chi connectivity index (χ2n) is 5.16. The van der Waals surface area contributed by atoms with Gasteiger partial charge in [-0.3, -0.25) is 4.90 Å². The average Bonchev–Trinajstić information content (AvgIpc) is 2.13. The molecule has 1 saturated carbocycles. The van der Waals surface area contributed by atoms with Gasteiger partial charge in [-0.1, -0.05) is 32.0 Å². The number of hydrogen-bond acceptors (Lipinski definition) is 2. The van der Waals surface area contributed by atoms with E-state index in [9.17, 15) is 0 Å². The smallest absolute Gasteiger partial charge is 0.0870 e. The summed E-state index contributed by atoms with van der Waals surface area (Å²) in [4.78, 5) is 3.10. The van der Waals surface area contributed by atoms with Crippen LogP contribution >= 0.6 is 12.2 Å². The van der Waals surface area contributed by atoms with E-state index in [-0.39, 0.29) is 0 Å². The van der Waals surface area contributed by atoms with Crippen LogP contribution in [0.3, 0.4) is 0 Å². The molecule has 0 amide bonds. The maximum absolute atomic E-state index is 5.66. The molecule has 88 valence electrons. The maximum atomic E-state index is 5.66. The van der Waals surface area contributed by atoms with E-state index in [0.29, 0.717) is 17.1 Å². The lowest BCUT2D eigenvalue weighted by atomic mass is 9.86. The molecule has 1 aliphatic rings. The van der Waals surface area contributed by atoms with Gasteiger partial charge in [0.2, 0.25) is 0 Å². The zero-order valence-corrected chi connectivity index (χ0v) is 11.0. The molecule has 0 spiro atoms. The van der Waals surface area contributed by atoms with Gasteiger partial charge in [0.25, 0.3) is 0 Å². The average molecular weight is 228 g/mol. The van der Waals surface area contributed by atoms with Crippen molar-refractivity contribution in [1.82, 2.24) is 4.90 Å². The topological polar surface area (TPSA) is 29.3 Å². The highest BCUT2D eigenvalue weighted by molar-refractivity contribution is 7.80. The van der Waals surface area contributed by atoms with Crippen molar-refractivity contribution in [3.63, 3.8) is 0 Å². The van der Waals surface area contributed by atoms with Crippen LogP contribution in [-0.4, -0.2) is 28.5 Å². The molecule has 1 rings (SSSR count). The Kier molecular flexibility index (Phi) is 5.00. The van der Waals surface area contributed by atoms with Gasteiger partial charge in [-0.25, -0.2) is 0 Å². The molecule has 15 heavy (non-hydrogen) atoms. The number of nitrogens with two attached hydrogens (primary N) is 1. The van der Waals surface area contributed by atoms with Gasteiger partial charge < -0.3 is 5.73 Å². The minimum Gasteiger partial charge on any atom is -0.392 e. The highest BCUT2D eigenvalue weighted by Gasteiger charge is 2.26. The summed E-state index contributed by atoms with van der Waals surface area (Å²) in [5.41, 5.74) is 5.66. The van der Waals surface area contributed by atoms with Crippen LogP contribution in [0.1, 0.15) is 46.5 Å². The zero-order chi connectivity index (χ0) is 11.4. The molecule has 2 N–H and O–H groups in total. The quantitative estimate of drug-likeness (QED) is 0.750. The molecule has 0 aromatic heterocycles. The summed E-state index contributed by atoms with van der Waals surface area (Å²) >= 11 is 5.03. The lowest BCUT2D eigenvalue weighted by molar-refractivity contribution is 0.121. The van der Waals surface area contributed by atoms with Crippen LogP contribution < -0.4 is 5.73 Å². The molecule has 0 radical (unpaired) electrons. The Labute approximate surface area is 99.2 Å². The number of hydrogen-bond donors (Lipinski definition) is 1. The highest BCUT2D eigenvalue weighted by atomic mass is 32.1. The van der Waals surface area contributed by atoms with Crippen molar-refractivity contribution in [2.45, 2.75) is 58.5 Å². The molecule has 0 aromatic rings. The van der Waals surface area contributed by atoms with E-state index in [2.05, 4.69) is 25.7 Å². The van der Waals surface area contributed by atoms with E-state index in [1.807, 2.05) is 0 Å². The van der Waals surface area contributed by atoms with Crippen LogP contribution in [0, 0.1) is 5.92 Å². The lowest BCUT2D eigenvalue weighted by Crippen LogP contribution is -2.46. The summed E-state index contributed by atoms with van der Waals surface area (Å²) in [5.74, 6) is 0.858. The predicted molar refractivity (Wildman–Crippen MR) is 70.0 cm³/mol. The monoisotopic (exact) mass is 228 g/mol. The molecule has 0 heterocycles. The Balaban J connectivity index is 2.57. The summed E-state index contributed by atoms with van der Waals surface area (Å²) in [7, 11) is 0. The molecule has 0 aromatic carbocycles. The number of rotatable bonds is 4. The minimum atomic E-state index is 0.543. The standard InChI is InChI=1S/C12H24N2S/c1-9(2)14(8-12(13)15)11-6-4-5-10(3)7-11/h9-11H,4-8H2,1-3H3,(H2,13,15). The molecule has 2 nitrogen and oxygen atoms in total. The second-order valence-corrected chi connectivity index (χ2v) is 5.68. The van der Waals surface area contributed by atoms with Crippen molar-refractivity contribution in [1.29, 1.82) is 0 Å². The SMILES string of the molecule is CC1CCCC(N(CC(N)=S)C(C)C)C1. The van der Waals surface area contributed by atoms with E-state index in [4.69, 9.17) is 18.0 Å². The lowest BCUT2D eigenvalue weighted by Gasteiger charge is -2.38. The first-order valence-corrected chi connectivity index (χ1v) is 6.45. The molecule has 0 saturated heterocycles. The summed E-state index contributed by atoms with van der Waals surface area (Å²) in [6.07, 6.45) is 5.35. The van der Waals surface area contributed by atoms with Gasteiger partial charge in [0.1, 0.15) is 0 Å². The zero-order valence-electron chi connectivity index (χ0n) is 10.2. The molecule has 3 heteroatoms. The van der Waals surface area contributed by atoms with Crippen molar-refractivity contribution in [3.8, 4) is 0 Å². The molecule has 0 bridgehead atoms. The van der Waals surface area contributed by atoms with Gasteiger partial charge in [-0.05, 0) is 32.6 Å². The third kappa shape index (κ3) is 4.07. The first-order valence-electron chi connectivity index (χ1n) is 6.04. The fraction of sp³-hybridized carbons (Fsp3) is 0.917. The van der Waals surface area contributed by atoms with Gasteiger partial charge in [-0.15, -0.1) is 0 Å². The predicted octanol–water partition coefficient (Wildman–Crippen LogP) is 2.56. The van der Waals surface area contributed by atoms with E-state index in [1.54, 1.807) is 0 Å². The fourth-order valence-electron chi connectivity index (χ4n) is 2.62. The van der Waals surface area contributed by atoms with E-state index in [1.165, 1.54) is 25.7 Å². The Bertz CT molecular complexity index is 216. The number of thiocarbonyl (C=S) groups is 1. The Morgan fingerprint density at radius 3 is 2.60 bits per heavy atom. The molecular weight excluding hydrogens is 204 g/mol. The third-order valence-corrected chi connectivity index (χ3v) is 3.51. The van der Waals surface area contributed by atoms with Crippen molar-refractivity contribution in [3.05, 3.63) is 0 Å². The van der Waals surface area contributed by atoms with Crippen LogP contribution in [-0.2, 0) is 0 Å². The van der Waals surface area contributed by atoms with Crippen LogP contribution in [0.25, 0.3) is 0 Å². The van der Waals surface area contributed by atoms with Gasteiger partial charge in [0.05, 0.1) is 4.99 Å². The first-order chi connectivity index (χ1) is 7.00. The largest absolute Gasteiger partial charge is 0.392 e. The van der Waals surface area contributed by atoms with Crippen LogP contribution in [0.5, 0.6) is 0 Å². The normalized spacial score (nSPS) is 27.3. The number of nitrogens with zero attached hydrogens (tertiary/aromatic N) is 1.